The zero-order valence-corrected chi connectivity index (χ0v) is 14.9. The summed E-state index contributed by atoms with van der Waals surface area (Å²) in [6.07, 6.45) is 0. The third-order valence-electron chi connectivity index (χ3n) is 3.36. The summed E-state index contributed by atoms with van der Waals surface area (Å²) in [6.45, 7) is 6.85. The van der Waals surface area contributed by atoms with E-state index >= 15 is 0 Å². The molecule has 0 heterocycles. The van der Waals surface area contributed by atoms with Crippen molar-refractivity contribution in [3.63, 3.8) is 0 Å². The van der Waals surface area contributed by atoms with Crippen LogP contribution in [-0.2, 0) is 6.54 Å². The molecule has 0 saturated carbocycles. The third-order valence-corrected chi connectivity index (χ3v) is 4.03. The number of rotatable bonds is 7. The Bertz CT molecular complexity index is 608. The van der Waals surface area contributed by atoms with E-state index in [1.165, 1.54) is 16.8 Å². The maximum atomic E-state index is 4.23. The van der Waals surface area contributed by atoms with Gasteiger partial charge in [-0.05, 0) is 53.3 Å². The van der Waals surface area contributed by atoms with Gasteiger partial charge in [0.15, 0.2) is 0 Å². The Morgan fingerprint density at radius 2 is 1.59 bits per heavy atom. The molecule has 22 heavy (non-hydrogen) atoms. The fourth-order valence-corrected chi connectivity index (χ4v) is 3.04. The van der Waals surface area contributed by atoms with Crippen LogP contribution in [0.25, 0.3) is 0 Å². The van der Waals surface area contributed by atoms with Crippen molar-refractivity contribution in [3.8, 4) is 0 Å². The van der Waals surface area contributed by atoms with Crippen molar-refractivity contribution in [1.82, 2.24) is 4.90 Å². The van der Waals surface area contributed by atoms with Crippen LogP contribution in [0.15, 0.2) is 71.2 Å². The van der Waals surface area contributed by atoms with E-state index in [0.29, 0.717) is 0 Å². The molecule has 2 rings (SSSR count). The predicted molar refractivity (Wildman–Crippen MR) is 99.3 cm³/mol. The summed E-state index contributed by atoms with van der Waals surface area (Å²) < 4.78 is 1.11. The largest absolute Gasteiger partial charge is 0.362 e. The van der Waals surface area contributed by atoms with Crippen molar-refractivity contribution in [2.45, 2.75) is 6.54 Å². The first kappa shape index (κ1) is 16.8. The average Bonchev–Trinajstić information content (AvgIpc) is 2.47. The van der Waals surface area contributed by atoms with E-state index in [1.54, 1.807) is 0 Å². The van der Waals surface area contributed by atoms with E-state index in [9.17, 15) is 0 Å². The number of halogens is 1. The second-order valence-electron chi connectivity index (χ2n) is 5.78. The van der Waals surface area contributed by atoms with Gasteiger partial charge >= 0.3 is 0 Å². The smallest absolute Gasteiger partial charge is 0.0516 e. The van der Waals surface area contributed by atoms with Crippen LogP contribution in [0.1, 0.15) is 5.56 Å². The summed E-state index contributed by atoms with van der Waals surface area (Å²) in [5.41, 5.74) is 3.71. The van der Waals surface area contributed by atoms with Crippen LogP contribution in [0, 0.1) is 0 Å². The maximum absolute atomic E-state index is 4.23. The van der Waals surface area contributed by atoms with Gasteiger partial charge in [-0.25, -0.2) is 0 Å². The molecule has 0 aromatic heterocycles. The lowest BCUT2D eigenvalue weighted by Gasteiger charge is -2.28. The number of hydrogen-bond donors (Lipinski definition) is 0. The molecule has 0 aliphatic carbocycles. The van der Waals surface area contributed by atoms with Gasteiger partial charge in [-0.2, -0.15) is 0 Å². The average molecular weight is 359 g/mol. The summed E-state index contributed by atoms with van der Waals surface area (Å²) in [5, 5.41) is 0. The van der Waals surface area contributed by atoms with Gasteiger partial charge in [-0.1, -0.05) is 49.0 Å². The lowest BCUT2D eigenvalue weighted by Crippen LogP contribution is -2.28. The van der Waals surface area contributed by atoms with E-state index in [0.717, 1.165) is 24.1 Å². The van der Waals surface area contributed by atoms with Gasteiger partial charge in [0.1, 0.15) is 0 Å². The van der Waals surface area contributed by atoms with Crippen molar-refractivity contribution >= 4 is 21.6 Å². The van der Waals surface area contributed by atoms with Gasteiger partial charge in [-0.15, -0.1) is 0 Å². The van der Waals surface area contributed by atoms with Gasteiger partial charge in [0.05, 0.1) is 5.69 Å². The predicted octanol–water partition coefficient (Wildman–Crippen LogP) is 4.57. The Balaban J connectivity index is 2.21. The molecule has 0 N–H and O–H groups in total. The van der Waals surface area contributed by atoms with E-state index in [2.05, 4.69) is 94.9 Å². The SMILES string of the molecule is C=C(CN(C)C)CN(Cc1ccccc1)c1ccccc1Br. The van der Waals surface area contributed by atoms with Crippen molar-refractivity contribution in [1.29, 1.82) is 0 Å². The lowest BCUT2D eigenvalue weighted by molar-refractivity contribution is 0.442. The minimum absolute atomic E-state index is 0.843. The molecule has 0 unspecified atom stereocenters. The van der Waals surface area contributed by atoms with E-state index in [-0.39, 0.29) is 0 Å². The highest BCUT2D eigenvalue weighted by Crippen LogP contribution is 2.27. The van der Waals surface area contributed by atoms with Crippen LogP contribution in [0.3, 0.4) is 0 Å². The third kappa shape index (κ3) is 5.00. The molecule has 0 spiro atoms. The minimum atomic E-state index is 0.843. The summed E-state index contributed by atoms with van der Waals surface area (Å²) in [6, 6.07) is 18.9. The van der Waals surface area contributed by atoms with E-state index < -0.39 is 0 Å². The number of hydrogen-bond acceptors (Lipinski definition) is 2. The van der Waals surface area contributed by atoms with Crippen LogP contribution in [0.5, 0.6) is 0 Å². The molecule has 0 atom stereocenters. The van der Waals surface area contributed by atoms with Gasteiger partial charge in [0.2, 0.25) is 0 Å². The molecule has 3 heteroatoms. The standard InChI is InChI=1S/C19H23BrN2/c1-16(13-21(2)3)14-22(15-17-9-5-4-6-10-17)19-12-8-7-11-18(19)20/h4-12H,1,13-15H2,2-3H3. The molecule has 0 aliphatic rings. The van der Waals surface area contributed by atoms with Crippen LogP contribution in [-0.4, -0.2) is 32.1 Å². The van der Waals surface area contributed by atoms with Gasteiger partial charge in [-0.3, -0.25) is 0 Å². The second kappa shape index (κ2) is 8.16. The summed E-state index contributed by atoms with van der Waals surface area (Å²) in [7, 11) is 4.15. The zero-order valence-electron chi connectivity index (χ0n) is 13.3. The minimum Gasteiger partial charge on any atom is -0.362 e. The summed E-state index contributed by atoms with van der Waals surface area (Å²) in [4.78, 5) is 4.52. The van der Waals surface area contributed by atoms with Gasteiger partial charge in [0.25, 0.3) is 0 Å². The Morgan fingerprint density at radius 3 is 2.23 bits per heavy atom. The van der Waals surface area contributed by atoms with Crippen LogP contribution in [0.2, 0.25) is 0 Å². The molecule has 2 aromatic rings. The normalized spacial score (nSPS) is 10.7. The highest BCUT2D eigenvalue weighted by Gasteiger charge is 2.12. The van der Waals surface area contributed by atoms with Crippen molar-refractivity contribution < 1.29 is 0 Å². The van der Waals surface area contributed by atoms with Crippen LogP contribution >= 0.6 is 15.9 Å². The molecule has 2 nitrogen and oxygen atoms in total. The molecule has 0 amide bonds. The second-order valence-corrected chi connectivity index (χ2v) is 6.64. The number of likely N-dealkylation sites (N-methyl/N-ethyl adjacent to an activating group) is 1. The molecule has 0 radical (unpaired) electrons. The number of para-hydroxylation sites is 1. The number of anilines is 1. The first-order valence-corrected chi connectivity index (χ1v) is 8.20. The van der Waals surface area contributed by atoms with Crippen molar-refractivity contribution in [2.24, 2.45) is 0 Å². The Labute approximate surface area is 142 Å². The summed E-state index contributed by atoms with van der Waals surface area (Å²) in [5.74, 6) is 0. The molecule has 0 saturated heterocycles. The van der Waals surface area contributed by atoms with E-state index in [1.807, 2.05) is 6.07 Å². The van der Waals surface area contributed by atoms with E-state index in [4.69, 9.17) is 0 Å². The quantitative estimate of drug-likeness (QED) is 0.668. The molecule has 2 aromatic carbocycles. The first-order chi connectivity index (χ1) is 10.6. The highest BCUT2D eigenvalue weighted by molar-refractivity contribution is 9.10. The maximum Gasteiger partial charge on any atom is 0.0516 e. The molecule has 116 valence electrons. The molecular weight excluding hydrogens is 336 g/mol. The van der Waals surface area contributed by atoms with Gasteiger partial charge in [0, 0.05) is 24.1 Å². The van der Waals surface area contributed by atoms with Crippen LogP contribution < -0.4 is 4.90 Å². The summed E-state index contributed by atoms with van der Waals surface area (Å²) >= 11 is 3.67. The molecule has 0 bridgehead atoms. The molecule has 0 fully saturated rings. The van der Waals surface area contributed by atoms with Gasteiger partial charge < -0.3 is 9.80 Å². The Morgan fingerprint density at radius 1 is 0.955 bits per heavy atom. The van der Waals surface area contributed by atoms with Crippen LogP contribution in [0.4, 0.5) is 5.69 Å². The lowest BCUT2D eigenvalue weighted by atomic mass is 10.1. The highest BCUT2D eigenvalue weighted by atomic mass is 79.9. The first-order valence-electron chi connectivity index (χ1n) is 7.41. The molecular formula is C19H23BrN2. The molecule has 0 aliphatic heterocycles. The van der Waals surface area contributed by atoms with Crippen molar-refractivity contribution in [3.05, 3.63) is 76.8 Å². The monoisotopic (exact) mass is 358 g/mol. The number of benzene rings is 2. The number of nitrogens with zero attached hydrogens (tertiary/aromatic N) is 2. The fraction of sp³-hybridized carbons (Fsp3) is 0.263. The fourth-order valence-electron chi connectivity index (χ4n) is 2.51. The Hall–Kier alpha value is -1.58. The van der Waals surface area contributed by atoms with Crippen molar-refractivity contribution in [2.75, 3.05) is 32.1 Å². The Kier molecular flexibility index (Phi) is 6.22. The zero-order chi connectivity index (χ0) is 15.9. The topological polar surface area (TPSA) is 6.48 Å².